The maximum atomic E-state index is 10.3. The highest BCUT2D eigenvalue weighted by Gasteiger charge is 2.28. The molecule has 1 aromatic heterocycles. The monoisotopic (exact) mass is 331 g/mol. The third-order valence-corrected chi connectivity index (χ3v) is 5.34. The minimum Gasteiger partial charge on any atom is -0.389 e. The van der Waals surface area contributed by atoms with Crippen molar-refractivity contribution in [3.05, 3.63) is 57.8 Å². The molecule has 0 aliphatic carbocycles. The van der Waals surface area contributed by atoms with E-state index in [1.807, 2.05) is 11.4 Å². The van der Waals surface area contributed by atoms with Crippen LogP contribution in [0.5, 0.6) is 0 Å². The van der Waals surface area contributed by atoms with Gasteiger partial charge < -0.3 is 9.84 Å². The summed E-state index contributed by atoms with van der Waals surface area (Å²) in [7, 11) is 0. The fourth-order valence-corrected chi connectivity index (χ4v) is 4.01. The molecule has 23 heavy (non-hydrogen) atoms. The highest BCUT2D eigenvalue weighted by molar-refractivity contribution is 7.09. The Hall–Kier alpha value is -1.20. The summed E-state index contributed by atoms with van der Waals surface area (Å²) >= 11 is 1.69. The van der Waals surface area contributed by atoms with Gasteiger partial charge in [0.05, 0.1) is 19.3 Å². The highest BCUT2D eigenvalue weighted by Crippen LogP contribution is 2.33. The van der Waals surface area contributed by atoms with Gasteiger partial charge in [0.15, 0.2) is 0 Å². The Morgan fingerprint density at radius 3 is 2.96 bits per heavy atom. The third kappa shape index (κ3) is 4.42. The first-order chi connectivity index (χ1) is 11.2. The Balaban J connectivity index is 1.51. The number of ether oxygens (including phenoxy) is 1. The van der Waals surface area contributed by atoms with E-state index in [-0.39, 0.29) is 0 Å². The Labute approximate surface area is 142 Å². The van der Waals surface area contributed by atoms with Gasteiger partial charge in [0.25, 0.3) is 0 Å². The number of thiophene rings is 1. The van der Waals surface area contributed by atoms with E-state index in [0.29, 0.717) is 25.8 Å². The predicted octanol–water partition coefficient (Wildman–Crippen LogP) is 3.77. The number of aryl methyl sites for hydroxylation is 1. The molecule has 1 aliphatic heterocycles. The molecule has 1 N–H and O–H groups in total. The smallest absolute Gasteiger partial charge is 0.0900 e. The van der Waals surface area contributed by atoms with Crippen molar-refractivity contribution in [2.75, 3.05) is 19.7 Å². The quantitative estimate of drug-likeness (QED) is 0.838. The van der Waals surface area contributed by atoms with Crippen LogP contribution in [0.25, 0.3) is 0 Å². The number of β-amino-alcohol motifs (C(OH)–C–C–N with tert-alkyl or cyclic N) is 1. The highest BCUT2D eigenvalue weighted by atomic mass is 32.1. The molecule has 4 heteroatoms. The van der Waals surface area contributed by atoms with Gasteiger partial charge in [0.1, 0.15) is 0 Å². The van der Waals surface area contributed by atoms with Crippen LogP contribution in [0.4, 0.5) is 0 Å². The second-order valence-corrected chi connectivity index (χ2v) is 7.29. The maximum absolute atomic E-state index is 10.3. The van der Waals surface area contributed by atoms with Gasteiger partial charge in [-0.2, -0.15) is 0 Å². The van der Waals surface area contributed by atoms with E-state index in [0.717, 1.165) is 6.54 Å². The van der Waals surface area contributed by atoms with E-state index in [2.05, 4.69) is 42.2 Å². The predicted molar refractivity (Wildman–Crippen MR) is 94.7 cm³/mol. The maximum Gasteiger partial charge on any atom is 0.0900 e. The zero-order valence-electron chi connectivity index (χ0n) is 13.6. The number of likely N-dealkylation sites (tertiary alicyclic amines) is 1. The van der Waals surface area contributed by atoms with Crippen LogP contribution < -0.4 is 0 Å². The fourth-order valence-electron chi connectivity index (χ4n) is 3.37. The van der Waals surface area contributed by atoms with Gasteiger partial charge in [-0.1, -0.05) is 30.3 Å². The molecule has 2 atom stereocenters. The molecule has 3 nitrogen and oxygen atoms in total. The van der Waals surface area contributed by atoms with E-state index < -0.39 is 6.10 Å². The zero-order valence-corrected chi connectivity index (χ0v) is 14.5. The minimum atomic E-state index is -0.431. The molecule has 1 fully saturated rings. The van der Waals surface area contributed by atoms with Crippen LogP contribution in [0, 0.1) is 6.92 Å². The van der Waals surface area contributed by atoms with Crippen molar-refractivity contribution in [1.82, 2.24) is 4.90 Å². The van der Waals surface area contributed by atoms with Gasteiger partial charge in [-0.05, 0) is 48.9 Å². The summed E-state index contributed by atoms with van der Waals surface area (Å²) in [6.07, 6.45) is 1.94. The first kappa shape index (κ1) is 16.7. The van der Waals surface area contributed by atoms with Crippen LogP contribution in [0.2, 0.25) is 0 Å². The number of nitrogens with zero attached hydrogens (tertiary/aromatic N) is 1. The lowest BCUT2D eigenvalue weighted by Crippen LogP contribution is -2.34. The van der Waals surface area contributed by atoms with Crippen molar-refractivity contribution in [2.24, 2.45) is 0 Å². The number of hydrogen-bond acceptors (Lipinski definition) is 4. The summed E-state index contributed by atoms with van der Waals surface area (Å²) in [6, 6.07) is 13.1. The lowest BCUT2D eigenvalue weighted by atomic mass is 9.99. The number of benzene rings is 1. The molecule has 0 unspecified atom stereocenters. The molecule has 0 amide bonds. The summed E-state index contributed by atoms with van der Waals surface area (Å²) in [6.45, 7) is 4.90. The van der Waals surface area contributed by atoms with Gasteiger partial charge in [0.2, 0.25) is 0 Å². The van der Waals surface area contributed by atoms with Crippen molar-refractivity contribution < 1.29 is 9.84 Å². The van der Waals surface area contributed by atoms with Gasteiger partial charge in [-0.3, -0.25) is 4.90 Å². The Morgan fingerprint density at radius 1 is 1.30 bits per heavy atom. The van der Waals surface area contributed by atoms with E-state index in [1.54, 1.807) is 11.3 Å². The topological polar surface area (TPSA) is 32.7 Å². The van der Waals surface area contributed by atoms with Crippen molar-refractivity contribution in [3.63, 3.8) is 0 Å². The first-order valence-electron chi connectivity index (χ1n) is 8.32. The summed E-state index contributed by atoms with van der Waals surface area (Å²) < 4.78 is 5.65. The molecule has 2 heterocycles. The SMILES string of the molecule is Cc1ccccc1[C@@H]1CCCN1C[C@H](O)COCc1cccs1. The van der Waals surface area contributed by atoms with E-state index in [4.69, 9.17) is 4.74 Å². The number of aliphatic hydroxyl groups excluding tert-OH is 1. The van der Waals surface area contributed by atoms with Crippen molar-refractivity contribution in [1.29, 1.82) is 0 Å². The summed E-state index contributed by atoms with van der Waals surface area (Å²) in [5.41, 5.74) is 2.74. The normalized spacial score (nSPS) is 20.0. The van der Waals surface area contributed by atoms with Crippen LogP contribution in [0.1, 0.15) is 34.9 Å². The molecule has 1 aromatic carbocycles. The second-order valence-electron chi connectivity index (χ2n) is 6.26. The minimum absolute atomic E-state index is 0.398. The standard InChI is InChI=1S/C19H25NO2S/c1-15-6-2-3-8-18(15)19-9-4-10-20(19)12-16(21)13-22-14-17-7-5-11-23-17/h2-3,5-8,11,16,19,21H,4,9-10,12-14H2,1H3/t16-,19-/m0/s1. The lowest BCUT2D eigenvalue weighted by molar-refractivity contribution is 0.00844. The van der Waals surface area contributed by atoms with Crippen molar-refractivity contribution in [3.8, 4) is 0 Å². The van der Waals surface area contributed by atoms with Gasteiger partial charge >= 0.3 is 0 Å². The summed E-state index contributed by atoms with van der Waals surface area (Å²) in [5, 5.41) is 12.4. The van der Waals surface area contributed by atoms with Crippen LogP contribution in [-0.4, -0.2) is 35.8 Å². The van der Waals surface area contributed by atoms with E-state index in [9.17, 15) is 5.11 Å². The lowest BCUT2D eigenvalue weighted by Gasteiger charge is -2.28. The van der Waals surface area contributed by atoms with Gasteiger partial charge in [0, 0.05) is 17.5 Å². The number of rotatable bonds is 7. The molecule has 0 saturated carbocycles. The van der Waals surface area contributed by atoms with Crippen LogP contribution in [0.3, 0.4) is 0 Å². The Kier molecular flexibility index (Phi) is 5.84. The molecule has 0 spiro atoms. The largest absolute Gasteiger partial charge is 0.389 e. The van der Waals surface area contributed by atoms with Crippen LogP contribution in [0.15, 0.2) is 41.8 Å². The van der Waals surface area contributed by atoms with Crippen LogP contribution in [-0.2, 0) is 11.3 Å². The number of hydrogen-bond donors (Lipinski definition) is 1. The molecule has 124 valence electrons. The van der Waals surface area contributed by atoms with Gasteiger partial charge in [-0.25, -0.2) is 0 Å². The molecular formula is C19H25NO2S. The second kappa shape index (κ2) is 8.06. The summed E-state index contributed by atoms with van der Waals surface area (Å²) in [5.74, 6) is 0. The number of aliphatic hydroxyl groups is 1. The summed E-state index contributed by atoms with van der Waals surface area (Å²) in [4.78, 5) is 3.61. The Morgan fingerprint density at radius 2 is 2.17 bits per heavy atom. The third-order valence-electron chi connectivity index (χ3n) is 4.49. The fraction of sp³-hybridized carbons (Fsp3) is 0.474. The first-order valence-corrected chi connectivity index (χ1v) is 9.20. The molecule has 2 aromatic rings. The van der Waals surface area contributed by atoms with Gasteiger partial charge in [-0.15, -0.1) is 11.3 Å². The van der Waals surface area contributed by atoms with E-state index in [1.165, 1.54) is 28.8 Å². The van der Waals surface area contributed by atoms with Crippen molar-refractivity contribution >= 4 is 11.3 Å². The molecule has 1 saturated heterocycles. The Bertz CT molecular complexity index is 599. The van der Waals surface area contributed by atoms with Crippen LogP contribution >= 0.6 is 11.3 Å². The zero-order chi connectivity index (χ0) is 16.1. The molecule has 0 bridgehead atoms. The average molecular weight is 331 g/mol. The molecule has 1 aliphatic rings. The molecule has 3 rings (SSSR count). The molecule has 0 radical (unpaired) electrons. The molecular weight excluding hydrogens is 306 g/mol. The average Bonchev–Trinajstić information content (AvgIpc) is 3.20. The van der Waals surface area contributed by atoms with E-state index >= 15 is 0 Å². The van der Waals surface area contributed by atoms with Crippen molar-refractivity contribution in [2.45, 2.75) is 38.5 Å².